The molecule has 0 radical (unpaired) electrons. The fourth-order valence-electron chi connectivity index (χ4n) is 2.84. The average molecular weight is 366 g/mol. The van der Waals surface area contributed by atoms with Crippen LogP contribution in [0.25, 0.3) is 5.57 Å². The first-order valence-electron chi connectivity index (χ1n) is 8.85. The highest BCUT2D eigenvalue weighted by molar-refractivity contribution is 5.90. The fourth-order valence-corrected chi connectivity index (χ4v) is 2.84. The molecule has 8 nitrogen and oxygen atoms in total. The summed E-state index contributed by atoms with van der Waals surface area (Å²) in [6.45, 7) is 4.53. The Kier molecular flexibility index (Phi) is 6.18. The second-order valence-electron chi connectivity index (χ2n) is 6.19. The summed E-state index contributed by atoms with van der Waals surface area (Å²) in [6.07, 6.45) is 4.23. The molecule has 2 N–H and O–H groups in total. The van der Waals surface area contributed by atoms with Crippen molar-refractivity contribution >= 4 is 17.4 Å². The molecule has 0 atom stereocenters. The third-order valence-electron chi connectivity index (χ3n) is 4.29. The first-order valence-corrected chi connectivity index (χ1v) is 8.85. The van der Waals surface area contributed by atoms with Crippen molar-refractivity contribution in [3.63, 3.8) is 0 Å². The maximum Gasteiger partial charge on any atom is 0.248 e. The van der Waals surface area contributed by atoms with Gasteiger partial charge in [-0.05, 0) is 31.1 Å². The molecule has 1 aromatic heterocycles. The zero-order chi connectivity index (χ0) is 19.1. The van der Waals surface area contributed by atoms with E-state index in [2.05, 4.69) is 26.7 Å². The predicted octanol–water partition coefficient (Wildman–Crippen LogP) is 1.02. The van der Waals surface area contributed by atoms with E-state index in [1.807, 2.05) is 25.3 Å². The Morgan fingerprint density at radius 1 is 1.48 bits per heavy atom. The molecule has 8 heteroatoms. The Hall–Kier alpha value is -3.18. The summed E-state index contributed by atoms with van der Waals surface area (Å²) in [7, 11) is 0. The van der Waals surface area contributed by atoms with E-state index in [0.717, 1.165) is 12.0 Å². The lowest BCUT2D eigenvalue weighted by Crippen LogP contribution is -2.42. The van der Waals surface area contributed by atoms with Crippen LogP contribution in [0.2, 0.25) is 0 Å². The molecule has 0 aliphatic carbocycles. The molecule has 1 fully saturated rings. The molecular weight excluding hydrogens is 344 g/mol. The smallest absolute Gasteiger partial charge is 0.248 e. The van der Waals surface area contributed by atoms with Gasteiger partial charge >= 0.3 is 0 Å². The van der Waals surface area contributed by atoms with Crippen LogP contribution < -0.4 is 10.6 Å². The molecule has 0 unspecified atom stereocenters. The van der Waals surface area contributed by atoms with Gasteiger partial charge in [-0.25, -0.2) is 0 Å². The molecule has 140 valence electrons. The lowest BCUT2D eigenvalue weighted by Gasteiger charge is -2.26. The minimum absolute atomic E-state index is 0.0284. The van der Waals surface area contributed by atoms with Gasteiger partial charge in [0.25, 0.3) is 0 Å². The monoisotopic (exact) mass is 366 g/mol. The van der Waals surface area contributed by atoms with Gasteiger partial charge in [0.1, 0.15) is 18.2 Å². The van der Waals surface area contributed by atoms with Gasteiger partial charge in [0.15, 0.2) is 5.96 Å². The number of guanidine groups is 1. The predicted molar refractivity (Wildman–Crippen MR) is 101 cm³/mol. The number of amides is 1. The van der Waals surface area contributed by atoms with Crippen molar-refractivity contribution in [2.24, 2.45) is 4.99 Å². The van der Waals surface area contributed by atoms with Gasteiger partial charge in [0.2, 0.25) is 5.91 Å². The van der Waals surface area contributed by atoms with Crippen molar-refractivity contribution in [2.45, 2.75) is 13.3 Å². The Morgan fingerprint density at radius 3 is 3.11 bits per heavy atom. The van der Waals surface area contributed by atoms with E-state index in [0.29, 0.717) is 49.2 Å². The minimum Gasteiger partial charge on any atom is -0.370 e. The summed E-state index contributed by atoms with van der Waals surface area (Å²) < 4.78 is 5.12. The van der Waals surface area contributed by atoms with Crippen LogP contribution in [0, 0.1) is 11.3 Å². The number of aliphatic imine (C=N–C) groups is 1. The standard InChI is InChI=1S/C19H22N6O2/c1-14-12-23-19(22-7-4-8-25-9-10-27-13-17(25)26)24-18(14)15(11-20)16-5-2-3-6-21-16/h2-3,5-6,12H,4,7-10,13H2,1H3,(H2,22,23,24). The molecule has 0 saturated carbocycles. The van der Waals surface area contributed by atoms with Crippen molar-refractivity contribution in [2.75, 3.05) is 32.8 Å². The summed E-state index contributed by atoms with van der Waals surface area (Å²) in [5.74, 6) is 0.605. The number of hydrogen-bond acceptors (Lipinski definition) is 5. The molecule has 1 amide bonds. The van der Waals surface area contributed by atoms with E-state index in [9.17, 15) is 10.1 Å². The van der Waals surface area contributed by atoms with E-state index < -0.39 is 0 Å². The minimum atomic E-state index is 0.0284. The van der Waals surface area contributed by atoms with Crippen LogP contribution in [0.5, 0.6) is 0 Å². The Bertz CT molecular complexity index is 822. The van der Waals surface area contributed by atoms with E-state index in [4.69, 9.17) is 4.74 Å². The van der Waals surface area contributed by atoms with E-state index in [1.165, 1.54) is 0 Å². The Labute approximate surface area is 158 Å². The lowest BCUT2D eigenvalue weighted by molar-refractivity contribution is -0.142. The number of pyridine rings is 1. The van der Waals surface area contributed by atoms with Crippen LogP contribution in [0.15, 0.2) is 46.9 Å². The van der Waals surface area contributed by atoms with Gasteiger partial charge in [-0.2, -0.15) is 5.26 Å². The maximum atomic E-state index is 11.7. The summed E-state index contributed by atoms with van der Waals surface area (Å²) in [4.78, 5) is 22.3. The molecule has 2 aliphatic rings. The number of carbonyl (C=O) groups excluding carboxylic acids is 1. The quantitative estimate of drug-likeness (QED) is 0.596. The number of rotatable bonds is 5. The van der Waals surface area contributed by atoms with Gasteiger partial charge in [-0.1, -0.05) is 6.07 Å². The third-order valence-corrected chi connectivity index (χ3v) is 4.29. The first-order chi connectivity index (χ1) is 13.2. The average Bonchev–Trinajstić information content (AvgIpc) is 2.70. The van der Waals surface area contributed by atoms with Crippen LogP contribution in [-0.2, 0) is 9.53 Å². The summed E-state index contributed by atoms with van der Waals surface area (Å²) >= 11 is 0. The Morgan fingerprint density at radius 2 is 2.37 bits per heavy atom. The van der Waals surface area contributed by atoms with Crippen molar-refractivity contribution < 1.29 is 9.53 Å². The van der Waals surface area contributed by atoms with Crippen LogP contribution in [0.1, 0.15) is 19.0 Å². The van der Waals surface area contributed by atoms with Crippen molar-refractivity contribution in [3.05, 3.63) is 47.6 Å². The molecule has 1 saturated heterocycles. The molecule has 0 spiro atoms. The van der Waals surface area contributed by atoms with Gasteiger partial charge in [-0.15, -0.1) is 0 Å². The number of aromatic nitrogens is 1. The molecular formula is C19H22N6O2. The number of hydrogen-bond donors (Lipinski definition) is 2. The molecule has 2 aliphatic heterocycles. The van der Waals surface area contributed by atoms with Crippen LogP contribution in [0.4, 0.5) is 0 Å². The molecule has 27 heavy (non-hydrogen) atoms. The van der Waals surface area contributed by atoms with Gasteiger partial charge in [-0.3, -0.25) is 14.8 Å². The number of ether oxygens (including phenoxy) is 1. The summed E-state index contributed by atoms with van der Waals surface area (Å²) in [5.41, 5.74) is 2.67. The largest absolute Gasteiger partial charge is 0.370 e. The molecule has 0 aromatic carbocycles. The number of carbonyl (C=O) groups is 1. The highest BCUT2D eigenvalue weighted by Gasteiger charge is 2.19. The zero-order valence-electron chi connectivity index (χ0n) is 15.2. The number of nitrogens with zero attached hydrogens (tertiary/aromatic N) is 4. The highest BCUT2D eigenvalue weighted by atomic mass is 16.5. The summed E-state index contributed by atoms with van der Waals surface area (Å²) in [6, 6.07) is 7.70. The van der Waals surface area contributed by atoms with E-state index in [1.54, 1.807) is 17.2 Å². The van der Waals surface area contributed by atoms with Crippen molar-refractivity contribution in [1.82, 2.24) is 20.5 Å². The van der Waals surface area contributed by atoms with Gasteiger partial charge < -0.3 is 20.3 Å². The van der Waals surface area contributed by atoms with Crippen molar-refractivity contribution in [3.8, 4) is 6.07 Å². The molecule has 1 aromatic rings. The third kappa shape index (κ3) is 4.71. The summed E-state index contributed by atoms with van der Waals surface area (Å²) in [5, 5.41) is 15.9. The van der Waals surface area contributed by atoms with Crippen molar-refractivity contribution in [1.29, 1.82) is 5.26 Å². The van der Waals surface area contributed by atoms with Crippen LogP contribution in [0.3, 0.4) is 0 Å². The number of nitriles is 1. The topological polar surface area (TPSA) is 103 Å². The second-order valence-corrected chi connectivity index (χ2v) is 6.19. The fraction of sp³-hybridized carbons (Fsp3) is 0.368. The highest BCUT2D eigenvalue weighted by Crippen LogP contribution is 2.21. The van der Waals surface area contributed by atoms with E-state index in [-0.39, 0.29) is 12.5 Å². The van der Waals surface area contributed by atoms with Gasteiger partial charge in [0, 0.05) is 32.0 Å². The maximum absolute atomic E-state index is 11.7. The molecule has 3 rings (SSSR count). The normalized spacial score (nSPS) is 20.4. The van der Waals surface area contributed by atoms with Crippen LogP contribution >= 0.6 is 0 Å². The first kappa shape index (κ1) is 18.6. The van der Waals surface area contributed by atoms with Crippen LogP contribution in [-0.4, -0.2) is 54.6 Å². The Balaban J connectivity index is 1.65. The molecule has 0 bridgehead atoms. The molecule has 3 heterocycles. The number of morpholine rings is 1. The zero-order valence-corrected chi connectivity index (χ0v) is 15.2. The second kappa shape index (κ2) is 8.96. The van der Waals surface area contributed by atoms with Gasteiger partial charge in [0.05, 0.1) is 18.0 Å². The number of nitrogens with one attached hydrogen (secondary N) is 2. The SMILES string of the molecule is CC1=CNC(=NCCCN2CCOCC2=O)NC1=C(C#N)c1ccccn1. The lowest BCUT2D eigenvalue weighted by atomic mass is 10.1. The number of allylic oxidation sites excluding steroid dienone is 2. The van der Waals surface area contributed by atoms with E-state index >= 15 is 0 Å².